The number of sulfonamides is 1. The summed E-state index contributed by atoms with van der Waals surface area (Å²) in [6.45, 7) is 2.82. The van der Waals surface area contributed by atoms with Gasteiger partial charge in [0.05, 0.1) is 10.6 Å². The molecule has 0 aromatic heterocycles. The van der Waals surface area contributed by atoms with Crippen molar-refractivity contribution in [1.29, 1.82) is 0 Å². The number of halogens is 1. The van der Waals surface area contributed by atoms with Crippen LogP contribution in [0.2, 0.25) is 0 Å². The largest absolute Gasteiger partial charge is 0.357 e. The van der Waals surface area contributed by atoms with E-state index in [1.807, 2.05) is 43.3 Å². The van der Waals surface area contributed by atoms with E-state index < -0.39 is 40.2 Å². The van der Waals surface area contributed by atoms with Crippen LogP contribution in [0.25, 0.3) is 0 Å². The van der Waals surface area contributed by atoms with Gasteiger partial charge in [-0.05, 0) is 54.8 Å². The monoisotopic (exact) mass is 587 g/mol. The van der Waals surface area contributed by atoms with Crippen LogP contribution >= 0.6 is 0 Å². The lowest BCUT2D eigenvalue weighted by Gasteiger charge is -2.34. The number of hydrogen-bond acceptors (Lipinski definition) is 4. The van der Waals surface area contributed by atoms with E-state index in [0.29, 0.717) is 11.3 Å². The molecule has 0 fully saturated rings. The molecule has 0 saturated carbocycles. The minimum atomic E-state index is -4.20. The van der Waals surface area contributed by atoms with Gasteiger partial charge in [-0.15, -0.1) is 0 Å². The fraction of sp³-hybridized carbons (Fsp3) is 0.212. The number of amides is 2. The second kappa shape index (κ2) is 13.4. The van der Waals surface area contributed by atoms with Crippen molar-refractivity contribution in [2.75, 3.05) is 17.9 Å². The van der Waals surface area contributed by atoms with Gasteiger partial charge < -0.3 is 10.2 Å². The first kappa shape index (κ1) is 30.5. The molecule has 0 saturated heterocycles. The average molecular weight is 588 g/mol. The molecule has 0 aliphatic rings. The normalized spacial score (nSPS) is 11.9. The van der Waals surface area contributed by atoms with Crippen LogP contribution in [-0.2, 0) is 32.6 Å². The summed E-state index contributed by atoms with van der Waals surface area (Å²) in [5.41, 5.74) is 2.89. The summed E-state index contributed by atoms with van der Waals surface area (Å²) in [7, 11) is -2.74. The lowest BCUT2D eigenvalue weighted by atomic mass is 10.0. The number of carbonyl (C=O) groups is 2. The van der Waals surface area contributed by atoms with Gasteiger partial charge in [0.25, 0.3) is 10.0 Å². The molecule has 4 rings (SSSR count). The van der Waals surface area contributed by atoms with Crippen molar-refractivity contribution < 1.29 is 22.4 Å². The molecule has 0 spiro atoms. The lowest BCUT2D eigenvalue weighted by Crippen LogP contribution is -2.53. The van der Waals surface area contributed by atoms with E-state index in [-0.39, 0.29) is 23.4 Å². The van der Waals surface area contributed by atoms with Crippen LogP contribution in [0.3, 0.4) is 0 Å². The predicted octanol–water partition coefficient (Wildman–Crippen LogP) is 5.02. The van der Waals surface area contributed by atoms with Crippen molar-refractivity contribution in [3.8, 4) is 0 Å². The first-order valence-electron chi connectivity index (χ1n) is 13.6. The molecule has 2 amide bonds. The minimum absolute atomic E-state index is 0.0199. The highest BCUT2D eigenvalue weighted by molar-refractivity contribution is 7.92. The van der Waals surface area contributed by atoms with E-state index in [9.17, 15) is 22.4 Å². The Balaban J connectivity index is 1.82. The molecule has 7 nitrogen and oxygen atoms in total. The number of likely N-dealkylation sites (N-methyl/N-ethyl adjacent to an activating group) is 1. The van der Waals surface area contributed by atoms with E-state index in [1.54, 1.807) is 55.5 Å². The van der Waals surface area contributed by atoms with Crippen molar-refractivity contribution in [2.24, 2.45) is 0 Å². The summed E-state index contributed by atoms with van der Waals surface area (Å²) in [5.74, 6) is -1.63. The molecule has 1 unspecified atom stereocenters. The third-order valence-electron chi connectivity index (χ3n) is 7.27. The van der Waals surface area contributed by atoms with Crippen LogP contribution in [0, 0.1) is 19.7 Å². The van der Waals surface area contributed by atoms with Gasteiger partial charge in [-0.3, -0.25) is 13.9 Å². The fourth-order valence-corrected chi connectivity index (χ4v) is 6.26. The molecule has 0 heterocycles. The third kappa shape index (κ3) is 6.86. The molecule has 1 atom stereocenters. The number of aryl methyl sites for hydroxylation is 1. The Morgan fingerprint density at radius 2 is 1.45 bits per heavy atom. The summed E-state index contributed by atoms with van der Waals surface area (Å²) in [4.78, 5) is 28.9. The lowest BCUT2D eigenvalue weighted by molar-refractivity contribution is -0.139. The van der Waals surface area contributed by atoms with E-state index in [1.165, 1.54) is 30.1 Å². The highest BCUT2D eigenvalue weighted by Gasteiger charge is 2.35. The second-order valence-corrected chi connectivity index (χ2v) is 11.8. The quantitative estimate of drug-likeness (QED) is 0.267. The van der Waals surface area contributed by atoms with Gasteiger partial charge >= 0.3 is 0 Å². The smallest absolute Gasteiger partial charge is 0.264 e. The van der Waals surface area contributed by atoms with Crippen LogP contribution in [0.4, 0.5) is 10.1 Å². The maximum Gasteiger partial charge on any atom is 0.264 e. The van der Waals surface area contributed by atoms with E-state index in [2.05, 4.69) is 5.32 Å². The molecule has 4 aromatic carbocycles. The Morgan fingerprint density at radius 1 is 0.833 bits per heavy atom. The van der Waals surface area contributed by atoms with Gasteiger partial charge in [0.1, 0.15) is 18.4 Å². The maximum absolute atomic E-state index is 14.9. The first-order chi connectivity index (χ1) is 20.1. The Hall–Kier alpha value is -4.50. The summed E-state index contributed by atoms with van der Waals surface area (Å²) in [6.07, 6.45) is 0.148. The van der Waals surface area contributed by atoms with Crippen LogP contribution in [0.5, 0.6) is 0 Å². The highest BCUT2D eigenvalue weighted by atomic mass is 32.2. The van der Waals surface area contributed by atoms with E-state index >= 15 is 0 Å². The van der Waals surface area contributed by atoms with Gasteiger partial charge in [0.15, 0.2) is 0 Å². The van der Waals surface area contributed by atoms with E-state index in [0.717, 1.165) is 15.4 Å². The second-order valence-electron chi connectivity index (χ2n) is 9.98. The maximum atomic E-state index is 14.9. The molecule has 4 aromatic rings. The number of carbonyl (C=O) groups excluding carboxylic acids is 2. The van der Waals surface area contributed by atoms with Crippen molar-refractivity contribution in [3.63, 3.8) is 0 Å². The first-order valence-corrected chi connectivity index (χ1v) is 15.0. The molecule has 0 radical (unpaired) electrons. The minimum Gasteiger partial charge on any atom is -0.357 e. The van der Waals surface area contributed by atoms with Crippen LogP contribution in [0.15, 0.2) is 108 Å². The average Bonchev–Trinajstić information content (AvgIpc) is 3.00. The van der Waals surface area contributed by atoms with Crippen LogP contribution < -0.4 is 9.62 Å². The molecule has 218 valence electrons. The Labute approximate surface area is 246 Å². The summed E-state index contributed by atoms with van der Waals surface area (Å²) in [5, 5.41) is 2.62. The Morgan fingerprint density at radius 3 is 2.10 bits per heavy atom. The third-order valence-corrected chi connectivity index (χ3v) is 9.04. The van der Waals surface area contributed by atoms with Crippen molar-refractivity contribution in [1.82, 2.24) is 10.2 Å². The zero-order valence-electron chi connectivity index (χ0n) is 23.8. The molecule has 0 bridgehead atoms. The van der Waals surface area contributed by atoms with Gasteiger partial charge in [0.2, 0.25) is 11.8 Å². The molecule has 0 aliphatic heterocycles. The number of benzene rings is 4. The topological polar surface area (TPSA) is 86.8 Å². The van der Waals surface area contributed by atoms with Crippen LogP contribution in [0.1, 0.15) is 22.3 Å². The molecular weight excluding hydrogens is 553 g/mol. The highest BCUT2D eigenvalue weighted by Crippen LogP contribution is 2.29. The van der Waals surface area contributed by atoms with Crippen molar-refractivity contribution >= 4 is 27.5 Å². The van der Waals surface area contributed by atoms with Gasteiger partial charge in [0, 0.05) is 25.6 Å². The molecule has 42 heavy (non-hydrogen) atoms. The van der Waals surface area contributed by atoms with Crippen molar-refractivity contribution in [2.45, 2.75) is 37.8 Å². The SMILES string of the molecule is CNC(=O)C(Cc1ccccc1)N(Cc1ccccc1F)C(=O)CN(c1cccc(C)c1C)S(=O)(=O)c1ccccc1. The van der Waals surface area contributed by atoms with Crippen LogP contribution in [-0.4, -0.2) is 44.8 Å². The number of anilines is 1. The molecule has 9 heteroatoms. The molecule has 1 N–H and O–H groups in total. The summed E-state index contributed by atoms with van der Waals surface area (Å²) >= 11 is 0. The number of rotatable bonds is 11. The molecule has 0 aliphatic carbocycles. The Kier molecular flexibility index (Phi) is 9.75. The zero-order chi connectivity index (χ0) is 30.3. The zero-order valence-corrected chi connectivity index (χ0v) is 24.6. The summed E-state index contributed by atoms with van der Waals surface area (Å²) in [6, 6.07) is 27.3. The van der Waals surface area contributed by atoms with Gasteiger partial charge in [-0.2, -0.15) is 0 Å². The predicted molar refractivity (Wildman–Crippen MR) is 162 cm³/mol. The number of hydrogen-bond donors (Lipinski definition) is 1. The van der Waals surface area contributed by atoms with E-state index in [4.69, 9.17) is 0 Å². The van der Waals surface area contributed by atoms with Gasteiger partial charge in [-0.25, -0.2) is 12.8 Å². The van der Waals surface area contributed by atoms with Gasteiger partial charge in [-0.1, -0.05) is 78.9 Å². The fourth-order valence-electron chi connectivity index (χ4n) is 4.77. The molecular formula is C33H34FN3O4S. The van der Waals surface area contributed by atoms with Crippen molar-refractivity contribution in [3.05, 3.63) is 131 Å². The number of nitrogens with zero attached hydrogens (tertiary/aromatic N) is 2. The summed E-state index contributed by atoms with van der Waals surface area (Å²) < 4.78 is 44.0. The Bertz CT molecular complexity index is 1650. The number of nitrogens with one attached hydrogen (secondary N) is 1. The standard InChI is InChI=1S/C33H34FN3O4S/c1-24-13-12-20-30(25(24)2)37(42(40,41)28-17-8-5-9-18-28)23-32(38)36(22-27-16-10-11-19-29(27)34)31(33(39)35-3)21-26-14-6-4-7-15-26/h4-20,31H,21-23H2,1-3H3,(H,35,39).